The fourth-order valence-electron chi connectivity index (χ4n) is 9.25. The maximum absolute atomic E-state index is 12.9. The number of rotatable bonds is 25. The van der Waals surface area contributed by atoms with Crippen molar-refractivity contribution in [1.29, 1.82) is 0 Å². The van der Waals surface area contributed by atoms with Gasteiger partial charge < -0.3 is 30.6 Å². The van der Waals surface area contributed by atoms with E-state index < -0.39 is 45.5 Å². The second kappa shape index (κ2) is 16.0. The summed E-state index contributed by atoms with van der Waals surface area (Å²) >= 11 is 0. The molecule has 4 saturated carbocycles. The minimum absolute atomic E-state index is 0.176. The first kappa shape index (κ1) is 39.6. The highest BCUT2D eigenvalue weighted by Crippen LogP contribution is 2.63. The van der Waals surface area contributed by atoms with Crippen LogP contribution < -0.4 is 0 Å². The Kier molecular flexibility index (Phi) is 11.7. The summed E-state index contributed by atoms with van der Waals surface area (Å²) in [6.45, 7) is 0. The maximum Gasteiger partial charge on any atom is 0.310 e. The predicted octanol–water partition coefficient (Wildman–Crippen LogP) is 8.80. The highest BCUT2D eigenvalue weighted by molar-refractivity contribution is 5.81. The molecule has 294 valence electrons. The van der Waals surface area contributed by atoms with E-state index in [0.29, 0.717) is 83.5 Å². The van der Waals surface area contributed by atoms with E-state index in [1.54, 1.807) is 18.2 Å². The fourth-order valence-corrected chi connectivity index (χ4v) is 9.25. The summed E-state index contributed by atoms with van der Waals surface area (Å²) in [5.74, 6) is -2.81. The molecule has 0 amide bonds. The lowest BCUT2D eigenvalue weighted by molar-refractivity contribution is -0.144. The molecule has 0 saturated heterocycles. The van der Waals surface area contributed by atoms with Crippen molar-refractivity contribution >= 4 is 23.9 Å². The Morgan fingerprint density at radius 2 is 0.981 bits per heavy atom. The zero-order valence-corrected chi connectivity index (χ0v) is 31.5. The van der Waals surface area contributed by atoms with Gasteiger partial charge in [0.25, 0.3) is 0 Å². The van der Waals surface area contributed by atoms with Crippen molar-refractivity contribution in [2.45, 2.75) is 154 Å². The predicted molar refractivity (Wildman–Crippen MR) is 202 cm³/mol. The largest absolute Gasteiger partial charge is 0.508 e. The number of hydrogen-bond donors (Lipinski definition) is 6. The van der Waals surface area contributed by atoms with Crippen molar-refractivity contribution in [2.24, 2.45) is 21.7 Å². The van der Waals surface area contributed by atoms with Crippen LogP contribution >= 0.6 is 0 Å². The van der Waals surface area contributed by atoms with E-state index in [9.17, 15) is 49.8 Å². The van der Waals surface area contributed by atoms with Crippen molar-refractivity contribution < 1.29 is 49.8 Å². The third kappa shape index (κ3) is 8.73. The number of hydrogen-bond acceptors (Lipinski definition) is 6. The molecule has 0 aromatic heterocycles. The zero-order valence-electron chi connectivity index (χ0n) is 31.5. The zero-order chi connectivity index (χ0) is 38.7. The number of phenols is 2. The molecule has 0 aliphatic heterocycles. The van der Waals surface area contributed by atoms with Crippen LogP contribution in [0.5, 0.6) is 11.5 Å². The molecule has 4 fully saturated rings. The smallest absolute Gasteiger partial charge is 0.310 e. The van der Waals surface area contributed by atoms with Crippen molar-refractivity contribution in [3.63, 3.8) is 0 Å². The molecule has 0 bridgehead atoms. The van der Waals surface area contributed by atoms with Crippen LogP contribution in [0.4, 0.5) is 0 Å². The number of carbonyl (C=O) groups is 4. The van der Waals surface area contributed by atoms with Gasteiger partial charge in [0.2, 0.25) is 0 Å². The average molecular weight is 747 g/mol. The Morgan fingerprint density at radius 1 is 0.519 bits per heavy atom. The minimum Gasteiger partial charge on any atom is -0.508 e. The van der Waals surface area contributed by atoms with E-state index in [-0.39, 0.29) is 17.4 Å². The van der Waals surface area contributed by atoms with Crippen LogP contribution in [0, 0.1) is 21.7 Å². The molecular weight excluding hydrogens is 688 g/mol. The van der Waals surface area contributed by atoms with Crippen LogP contribution in [0.1, 0.15) is 156 Å². The third-order valence-electron chi connectivity index (χ3n) is 13.8. The first-order valence-corrected chi connectivity index (χ1v) is 20.3. The van der Waals surface area contributed by atoms with E-state index in [4.69, 9.17) is 0 Å². The molecule has 2 unspecified atom stereocenters. The number of unbranched alkanes of at least 4 members (excludes halogenated alkanes) is 4. The maximum atomic E-state index is 12.9. The Bertz CT molecular complexity index is 1730. The van der Waals surface area contributed by atoms with Gasteiger partial charge in [-0.3, -0.25) is 19.2 Å². The molecular formula is C44H58O10. The van der Waals surface area contributed by atoms with E-state index in [1.807, 2.05) is 12.1 Å². The lowest BCUT2D eigenvalue weighted by atomic mass is 9.85. The molecule has 6 rings (SSSR count). The van der Waals surface area contributed by atoms with Crippen LogP contribution in [0.3, 0.4) is 0 Å². The Balaban J connectivity index is 1.09. The first-order chi connectivity index (χ1) is 25.8. The van der Waals surface area contributed by atoms with Crippen molar-refractivity contribution in [2.75, 3.05) is 0 Å². The van der Waals surface area contributed by atoms with Gasteiger partial charge in [-0.15, -0.1) is 0 Å². The molecule has 10 nitrogen and oxygen atoms in total. The van der Waals surface area contributed by atoms with Gasteiger partial charge in [-0.1, -0.05) is 37.8 Å². The summed E-state index contributed by atoms with van der Waals surface area (Å²) in [7, 11) is 0. The van der Waals surface area contributed by atoms with Crippen molar-refractivity contribution in [1.82, 2.24) is 0 Å². The normalized spacial score (nSPS) is 22.3. The molecule has 0 spiro atoms. The number of aliphatic carboxylic acids is 4. The van der Waals surface area contributed by atoms with Crippen LogP contribution in [0.15, 0.2) is 30.3 Å². The quantitative estimate of drug-likeness (QED) is 0.0536. The monoisotopic (exact) mass is 746 g/mol. The number of carboxylic acid groups (broad SMARTS) is 4. The van der Waals surface area contributed by atoms with Crippen LogP contribution in [-0.2, 0) is 44.9 Å². The summed E-state index contributed by atoms with van der Waals surface area (Å²) in [5.41, 5.74) is 2.29. The summed E-state index contributed by atoms with van der Waals surface area (Å²) in [4.78, 5) is 48.0. The summed E-state index contributed by atoms with van der Waals surface area (Å²) in [5, 5.41) is 60.7. The standard InChI is InChI=1S/C44H58O10/c45-31-14-13-29(9-1-5-17-41(21-22-41)37(47)48)30(27-31)10-2-8-20-44(40(53)54)28-35(44)33-15-16-36(46)34(12-4-7-19-43(25-26-43)39(51)52)32(33)11-3-6-18-42(23-24-42)38(49)50/h13-16,27,35,45-46H,1-12,17-26,28H2,(H,47,48)(H,49,50)(H,51,52)(H,53,54). The van der Waals surface area contributed by atoms with Crippen LogP contribution in [0.25, 0.3) is 0 Å². The molecule has 4 aliphatic rings. The van der Waals surface area contributed by atoms with E-state index in [2.05, 4.69) is 0 Å². The molecule has 2 aromatic rings. The highest BCUT2D eigenvalue weighted by atomic mass is 16.4. The molecule has 6 N–H and O–H groups in total. The molecule has 4 aliphatic carbocycles. The van der Waals surface area contributed by atoms with Gasteiger partial charge in [0.15, 0.2) is 0 Å². The number of aryl methyl sites for hydroxylation is 2. The topological polar surface area (TPSA) is 190 Å². The summed E-state index contributed by atoms with van der Waals surface area (Å²) < 4.78 is 0. The Labute approximate surface area is 318 Å². The minimum atomic E-state index is -0.908. The van der Waals surface area contributed by atoms with Gasteiger partial charge in [-0.2, -0.15) is 0 Å². The summed E-state index contributed by atoms with van der Waals surface area (Å²) in [6.07, 6.45) is 16.0. The van der Waals surface area contributed by atoms with Crippen molar-refractivity contribution in [3.05, 3.63) is 58.1 Å². The van der Waals surface area contributed by atoms with Gasteiger partial charge in [0, 0.05) is 5.92 Å². The van der Waals surface area contributed by atoms with Gasteiger partial charge >= 0.3 is 23.9 Å². The number of carboxylic acids is 4. The molecule has 2 atom stereocenters. The van der Waals surface area contributed by atoms with E-state index >= 15 is 0 Å². The molecule has 54 heavy (non-hydrogen) atoms. The molecule has 10 heteroatoms. The second-order valence-electron chi connectivity index (χ2n) is 17.4. The Hall–Kier alpha value is -4.08. The fraction of sp³-hybridized carbons (Fsp3) is 0.636. The van der Waals surface area contributed by atoms with Gasteiger partial charge in [0.05, 0.1) is 21.7 Å². The second-order valence-corrected chi connectivity index (χ2v) is 17.4. The SMILES string of the molecule is O=C(O)C1(CCCCc2ccc(O)cc2CCCCC2(C(=O)O)CC2c2ccc(O)c(CCCCC3(C(=O)O)CC3)c2CCCCC2(C(=O)O)CC2)CC1. The first-order valence-electron chi connectivity index (χ1n) is 20.3. The van der Waals surface area contributed by atoms with Crippen LogP contribution in [-0.4, -0.2) is 54.5 Å². The Morgan fingerprint density at radius 3 is 1.46 bits per heavy atom. The van der Waals surface area contributed by atoms with Crippen LogP contribution in [0.2, 0.25) is 0 Å². The number of phenolic OH excluding ortho intramolecular Hbond substituents is 2. The number of aromatic hydroxyl groups is 2. The lowest BCUT2D eigenvalue weighted by Gasteiger charge is -2.20. The van der Waals surface area contributed by atoms with E-state index in [0.717, 1.165) is 92.0 Å². The third-order valence-corrected chi connectivity index (χ3v) is 13.8. The average Bonchev–Trinajstić information content (AvgIpc) is 3.95. The van der Waals surface area contributed by atoms with Gasteiger partial charge in [0.1, 0.15) is 11.5 Å². The van der Waals surface area contributed by atoms with Gasteiger partial charge in [-0.05, 0) is 168 Å². The number of benzene rings is 2. The highest BCUT2D eigenvalue weighted by Gasteiger charge is 2.60. The molecule has 0 heterocycles. The van der Waals surface area contributed by atoms with E-state index in [1.165, 1.54) is 0 Å². The molecule has 2 aromatic carbocycles. The summed E-state index contributed by atoms with van der Waals surface area (Å²) in [6, 6.07) is 8.98. The van der Waals surface area contributed by atoms with Gasteiger partial charge in [-0.25, -0.2) is 0 Å². The lowest BCUT2D eigenvalue weighted by Crippen LogP contribution is -2.18. The molecule has 0 radical (unpaired) electrons. The van der Waals surface area contributed by atoms with Crippen molar-refractivity contribution in [3.8, 4) is 11.5 Å².